The number of H-pyrrole nitrogens is 1. The maximum atomic E-state index is 12.3. The van der Waals surface area contributed by atoms with Crippen LogP contribution in [0.3, 0.4) is 0 Å². The van der Waals surface area contributed by atoms with Crippen molar-refractivity contribution < 1.29 is 13.9 Å². The van der Waals surface area contributed by atoms with Gasteiger partial charge in [0.2, 0.25) is 0 Å². The Morgan fingerprint density at radius 3 is 2.82 bits per heavy atom. The highest BCUT2D eigenvalue weighted by atomic mass is 16.5. The summed E-state index contributed by atoms with van der Waals surface area (Å²) < 4.78 is 10.1. The van der Waals surface area contributed by atoms with Crippen molar-refractivity contribution >= 4 is 22.7 Å². The Balaban J connectivity index is 1.87. The number of oxazole rings is 1. The van der Waals surface area contributed by atoms with Crippen LogP contribution in [0.4, 0.5) is 5.69 Å². The standard InChI is InChI=1S/C16H14N2O4/c1-9-3-4-10(7-14(9)21-2)15(19)17-11-5-6-13-12(8-11)18-16(20)22-13/h3-8H,1-2H3,(H,17,19)(H,18,20). The molecule has 0 aliphatic carbocycles. The summed E-state index contributed by atoms with van der Waals surface area (Å²) in [7, 11) is 1.56. The molecule has 6 nitrogen and oxygen atoms in total. The van der Waals surface area contributed by atoms with Crippen LogP contribution in [0.2, 0.25) is 0 Å². The smallest absolute Gasteiger partial charge is 0.417 e. The molecule has 1 aromatic heterocycles. The minimum absolute atomic E-state index is 0.261. The van der Waals surface area contributed by atoms with E-state index in [1.54, 1.807) is 37.4 Å². The van der Waals surface area contributed by atoms with Gasteiger partial charge in [-0.3, -0.25) is 9.78 Å². The lowest BCUT2D eigenvalue weighted by molar-refractivity contribution is 0.102. The number of carbonyl (C=O) groups is 1. The Kier molecular flexibility index (Phi) is 3.42. The van der Waals surface area contributed by atoms with E-state index in [0.717, 1.165) is 5.56 Å². The summed E-state index contributed by atoms with van der Waals surface area (Å²) in [5.41, 5.74) is 2.98. The number of aromatic amines is 1. The van der Waals surface area contributed by atoms with Crippen LogP contribution in [0.5, 0.6) is 5.75 Å². The molecule has 0 aliphatic rings. The number of carbonyl (C=O) groups excluding carboxylic acids is 1. The zero-order valence-corrected chi connectivity index (χ0v) is 12.1. The van der Waals surface area contributed by atoms with E-state index >= 15 is 0 Å². The number of aryl methyl sites for hydroxylation is 1. The van der Waals surface area contributed by atoms with Gasteiger partial charge in [0, 0.05) is 11.3 Å². The van der Waals surface area contributed by atoms with E-state index in [9.17, 15) is 9.59 Å². The molecular weight excluding hydrogens is 284 g/mol. The van der Waals surface area contributed by atoms with Gasteiger partial charge < -0.3 is 14.5 Å². The van der Waals surface area contributed by atoms with Crippen LogP contribution in [0.25, 0.3) is 11.1 Å². The van der Waals surface area contributed by atoms with Crippen LogP contribution >= 0.6 is 0 Å². The topological polar surface area (TPSA) is 84.3 Å². The number of benzene rings is 2. The van der Waals surface area contributed by atoms with E-state index in [2.05, 4.69) is 10.3 Å². The summed E-state index contributed by atoms with van der Waals surface area (Å²) in [4.78, 5) is 25.9. The maximum absolute atomic E-state index is 12.3. The number of aromatic nitrogens is 1. The molecule has 1 amide bonds. The molecule has 0 saturated heterocycles. The summed E-state index contributed by atoms with van der Waals surface area (Å²) in [6.07, 6.45) is 0. The molecule has 0 atom stereocenters. The highest BCUT2D eigenvalue weighted by molar-refractivity contribution is 6.05. The zero-order chi connectivity index (χ0) is 15.7. The molecule has 0 spiro atoms. The summed E-state index contributed by atoms with van der Waals surface area (Å²) in [6, 6.07) is 10.2. The van der Waals surface area contributed by atoms with Crippen LogP contribution in [0, 0.1) is 6.92 Å². The van der Waals surface area contributed by atoms with Gasteiger partial charge in [-0.1, -0.05) is 6.07 Å². The Morgan fingerprint density at radius 2 is 2.05 bits per heavy atom. The second-order valence-corrected chi connectivity index (χ2v) is 4.86. The van der Waals surface area contributed by atoms with Crippen molar-refractivity contribution in [2.75, 3.05) is 12.4 Å². The van der Waals surface area contributed by atoms with Gasteiger partial charge in [-0.2, -0.15) is 0 Å². The van der Waals surface area contributed by atoms with E-state index in [1.807, 2.05) is 13.0 Å². The van der Waals surface area contributed by atoms with Gasteiger partial charge in [0.25, 0.3) is 5.91 Å². The molecule has 1 heterocycles. The van der Waals surface area contributed by atoms with Gasteiger partial charge in [-0.15, -0.1) is 0 Å². The summed E-state index contributed by atoms with van der Waals surface area (Å²) in [5.74, 6) is -0.132. The molecule has 3 aromatic rings. The van der Waals surface area contributed by atoms with E-state index in [1.165, 1.54) is 0 Å². The predicted molar refractivity (Wildman–Crippen MR) is 82.5 cm³/mol. The average Bonchev–Trinajstić information content (AvgIpc) is 2.87. The molecule has 22 heavy (non-hydrogen) atoms. The number of nitrogens with one attached hydrogen (secondary N) is 2. The molecular formula is C16H14N2O4. The molecule has 3 rings (SSSR count). The van der Waals surface area contributed by atoms with Gasteiger partial charge in [0.1, 0.15) is 5.75 Å². The van der Waals surface area contributed by atoms with E-state index < -0.39 is 5.76 Å². The Bertz CT molecular complexity index is 908. The lowest BCUT2D eigenvalue weighted by atomic mass is 10.1. The number of hydrogen-bond donors (Lipinski definition) is 2. The van der Waals surface area contributed by atoms with Crippen molar-refractivity contribution in [1.29, 1.82) is 0 Å². The summed E-state index contributed by atoms with van der Waals surface area (Å²) >= 11 is 0. The van der Waals surface area contributed by atoms with Crippen LogP contribution in [0.1, 0.15) is 15.9 Å². The van der Waals surface area contributed by atoms with Crippen molar-refractivity contribution in [3.8, 4) is 5.75 Å². The van der Waals surface area contributed by atoms with E-state index in [-0.39, 0.29) is 5.91 Å². The zero-order valence-electron chi connectivity index (χ0n) is 12.1. The van der Waals surface area contributed by atoms with Crippen molar-refractivity contribution in [3.63, 3.8) is 0 Å². The van der Waals surface area contributed by atoms with Crippen LogP contribution in [0.15, 0.2) is 45.6 Å². The summed E-state index contributed by atoms with van der Waals surface area (Å²) in [5, 5.41) is 2.77. The lowest BCUT2D eigenvalue weighted by Crippen LogP contribution is -2.12. The van der Waals surface area contributed by atoms with Gasteiger partial charge in [0.05, 0.1) is 12.6 Å². The quantitative estimate of drug-likeness (QED) is 0.778. The number of fused-ring (bicyclic) bond motifs is 1. The van der Waals surface area contributed by atoms with Gasteiger partial charge >= 0.3 is 5.76 Å². The predicted octanol–water partition coefficient (Wildman–Crippen LogP) is 2.69. The second-order valence-electron chi connectivity index (χ2n) is 4.86. The number of ether oxygens (including phenoxy) is 1. The third kappa shape index (κ3) is 2.58. The monoisotopic (exact) mass is 298 g/mol. The van der Waals surface area contributed by atoms with Crippen molar-refractivity contribution in [1.82, 2.24) is 4.98 Å². The highest BCUT2D eigenvalue weighted by Crippen LogP contribution is 2.21. The fourth-order valence-electron chi connectivity index (χ4n) is 2.19. The molecule has 112 valence electrons. The number of amides is 1. The molecule has 0 aliphatic heterocycles. The fraction of sp³-hybridized carbons (Fsp3) is 0.125. The maximum Gasteiger partial charge on any atom is 0.417 e. The highest BCUT2D eigenvalue weighted by Gasteiger charge is 2.10. The van der Waals surface area contributed by atoms with Gasteiger partial charge in [-0.05, 0) is 42.8 Å². The number of methoxy groups -OCH3 is 1. The van der Waals surface area contributed by atoms with Crippen LogP contribution < -0.4 is 15.8 Å². The molecule has 2 aromatic carbocycles. The molecule has 0 bridgehead atoms. The van der Waals surface area contributed by atoms with Crippen molar-refractivity contribution in [3.05, 3.63) is 58.1 Å². The Morgan fingerprint density at radius 1 is 1.23 bits per heavy atom. The summed E-state index contributed by atoms with van der Waals surface area (Å²) in [6.45, 7) is 1.91. The van der Waals surface area contributed by atoms with E-state index in [4.69, 9.17) is 9.15 Å². The first-order chi connectivity index (χ1) is 10.6. The first-order valence-corrected chi connectivity index (χ1v) is 6.65. The molecule has 0 radical (unpaired) electrons. The van der Waals surface area contributed by atoms with Crippen molar-refractivity contribution in [2.24, 2.45) is 0 Å². The van der Waals surface area contributed by atoms with E-state index in [0.29, 0.717) is 28.1 Å². The third-order valence-electron chi connectivity index (χ3n) is 3.35. The second kappa shape index (κ2) is 5.40. The normalized spacial score (nSPS) is 10.6. The average molecular weight is 298 g/mol. The first kappa shape index (κ1) is 13.9. The van der Waals surface area contributed by atoms with Gasteiger partial charge in [-0.25, -0.2) is 4.79 Å². The van der Waals surface area contributed by atoms with Crippen molar-refractivity contribution in [2.45, 2.75) is 6.92 Å². The number of hydrogen-bond acceptors (Lipinski definition) is 4. The minimum atomic E-state index is -0.526. The van der Waals surface area contributed by atoms with Crippen LogP contribution in [-0.4, -0.2) is 18.0 Å². The number of rotatable bonds is 3. The molecule has 0 saturated carbocycles. The third-order valence-corrected chi connectivity index (χ3v) is 3.35. The SMILES string of the molecule is COc1cc(C(=O)Nc2ccc3oc(=O)[nH]c3c2)ccc1C. The molecule has 2 N–H and O–H groups in total. The Labute approximate surface area is 125 Å². The minimum Gasteiger partial charge on any atom is -0.496 e. The number of anilines is 1. The Hall–Kier alpha value is -3.02. The molecule has 6 heteroatoms. The van der Waals surface area contributed by atoms with Gasteiger partial charge in [0.15, 0.2) is 5.58 Å². The largest absolute Gasteiger partial charge is 0.496 e. The molecule has 0 fully saturated rings. The first-order valence-electron chi connectivity index (χ1n) is 6.65. The lowest BCUT2D eigenvalue weighted by Gasteiger charge is -2.08. The molecule has 0 unspecified atom stereocenters. The van der Waals surface area contributed by atoms with Crippen LogP contribution in [-0.2, 0) is 0 Å². The fourth-order valence-corrected chi connectivity index (χ4v) is 2.19.